The van der Waals surface area contributed by atoms with Crippen molar-refractivity contribution >= 4 is 12.4 Å². The second kappa shape index (κ2) is 8.93. The second-order valence-electron chi connectivity index (χ2n) is 6.89. The summed E-state index contributed by atoms with van der Waals surface area (Å²) in [5.74, 6) is 0. The Morgan fingerprint density at radius 2 is 1.48 bits per heavy atom. The van der Waals surface area contributed by atoms with Gasteiger partial charge >= 0.3 is 12.4 Å². The number of rotatable bonds is 5. The second-order valence-corrected chi connectivity index (χ2v) is 6.89. The van der Waals surface area contributed by atoms with Gasteiger partial charge in [0.1, 0.15) is 0 Å². The van der Waals surface area contributed by atoms with Crippen molar-refractivity contribution in [1.29, 1.82) is 0 Å². The van der Waals surface area contributed by atoms with E-state index in [9.17, 15) is 26.3 Å². The van der Waals surface area contributed by atoms with Gasteiger partial charge in [-0.3, -0.25) is 0 Å². The van der Waals surface area contributed by atoms with E-state index in [4.69, 9.17) is 4.74 Å². The summed E-state index contributed by atoms with van der Waals surface area (Å²) in [7, 11) is 0. The molecular formula is C20H20ClF6NO. The van der Waals surface area contributed by atoms with Gasteiger partial charge in [-0.2, -0.15) is 26.3 Å². The van der Waals surface area contributed by atoms with Gasteiger partial charge in [-0.15, -0.1) is 12.4 Å². The molecule has 1 fully saturated rings. The third kappa shape index (κ3) is 5.65. The maximum atomic E-state index is 13.0. The first-order chi connectivity index (χ1) is 13.1. The molecular weight excluding hydrogens is 420 g/mol. The van der Waals surface area contributed by atoms with Gasteiger partial charge in [0.15, 0.2) is 0 Å². The standard InChI is InChI=1S/C20H19F6NO.ClH/c21-19(22,23)16-9-14(10-17(11-16)20(24,25)26)12-28-13-18(7-4-8-27-18)15-5-2-1-3-6-15;/h1-3,5-6,9-11,27H,4,7-8,12-13H2;1H. The van der Waals surface area contributed by atoms with Crippen molar-refractivity contribution < 1.29 is 31.1 Å². The van der Waals surface area contributed by atoms with Gasteiger partial charge in [-0.1, -0.05) is 30.3 Å². The van der Waals surface area contributed by atoms with Crippen molar-refractivity contribution in [3.05, 3.63) is 70.8 Å². The highest BCUT2D eigenvalue weighted by Gasteiger charge is 2.38. The summed E-state index contributed by atoms with van der Waals surface area (Å²) >= 11 is 0. The lowest BCUT2D eigenvalue weighted by Crippen LogP contribution is -2.41. The summed E-state index contributed by atoms with van der Waals surface area (Å²) in [6.07, 6.45) is -8.06. The largest absolute Gasteiger partial charge is 0.416 e. The van der Waals surface area contributed by atoms with Crippen LogP contribution in [-0.2, 0) is 29.2 Å². The molecule has 1 atom stereocenters. The fourth-order valence-electron chi connectivity index (χ4n) is 3.46. The molecule has 1 aliphatic heterocycles. The van der Waals surface area contributed by atoms with Gasteiger partial charge < -0.3 is 10.1 Å². The quantitative estimate of drug-likeness (QED) is 0.582. The zero-order chi connectivity index (χ0) is 20.4. The number of alkyl halides is 6. The first kappa shape index (κ1) is 23.5. The van der Waals surface area contributed by atoms with Crippen LogP contribution >= 0.6 is 12.4 Å². The average Bonchev–Trinajstić information content (AvgIpc) is 3.11. The van der Waals surface area contributed by atoms with Gasteiger partial charge in [0.2, 0.25) is 0 Å². The van der Waals surface area contributed by atoms with Crippen LogP contribution in [0.15, 0.2) is 48.5 Å². The molecule has 1 saturated heterocycles. The minimum atomic E-state index is -4.87. The Morgan fingerprint density at radius 1 is 0.897 bits per heavy atom. The zero-order valence-corrected chi connectivity index (χ0v) is 16.1. The molecule has 1 aliphatic rings. The first-order valence-electron chi connectivity index (χ1n) is 8.77. The van der Waals surface area contributed by atoms with Crippen LogP contribution in [-0.4, -0.2) is 13.2 Å². The monoisotopic (exact) mass is 439 g/mol. The lowest BCUT2D eigenvalue weighted by atomic mass is 9.89. The van der Waals surface area contributed by atoms with Crippen molar-refractivity contribution in [2.75, 3.05) is 13.2 Å². The number of hydrogen-bond donors (Lipinski definition) is 1. The number of halogens is 7. The SMILES string of the molecule is Cl.FC(F)(F)c1cc(COCC2(c3ccccc3)CCCN2)cc(C(F)(F)F)c1. The van der Waals surface area contributed by atoms with E-state index in [1.165, 1.54) is 0 Å². The van der Waals surface area contributed by atoms with Gasteiger partial charge in [0, 0.05) is 0 Å². The van der Waals surface area contributed by atoms with Crippen LogP contribution in [0.5, 0.6) is 0 Å². The molecule has 160 valence electrons. The van der Waals surface area contributed by atoms with Crippen molar-refractivity contribution in [3.63, 3.8) is 0 Å². The van der Waals surface area contributed by atoms with E-state index >= 15 is 0 Å². The molecule has 0 amide bonds. The molecule has 2 nitrogen and oxygen atoms in total. The molecule has 3 rings (SSSR count). The van der Waals surface area contributed by atoms with Crippen molar-refractivity contribution in [3.8, 4) is 0 Å². The Labute approximate surface area is 170 Å². The molecule has 1 N–H and O–H groups in total. The molecule has 9 heteroatoms. The van der Waals surface area contributed by atoms with Crippen molar-refractivity contribution in [2.45, 2.75) is 37.3 Å². The molecule has 2 aromatic rings. The third-order valence-corrected chi connectivity index (χ3v) is 4.83. The summed E-state index contributed by atoms with van der Waals surface area (Å²) in [6.45, 7) is 0.567. The normalized spacial score (nSPS) is 19.8. The fraction of sp³-hybridized carbons (Fsp3) is 0.400. The average molecular weight is 440 g/mol. The number of ether oxygens (including phenoxy) is 1. The Morgan fingerprint density at radius 3 is 1.97 bits per heavy atom. The molecule has 1 unspecified atom stereocenters. The van der Waals surface area contributed by atoms with Crippen LogP contribution in [0.25, 0.3) is 0 Å². The van der Waals surface area contributed by atoms with E-state index in [1.54, 1.807) is 0 Å². The highest BCUT2D eigenvalue weighted by atomic mass is 35.5. The van der Waals surface area contributed by atoms with Crippen LogP contribution in [0.1, 0.15) is 35.1 Å². The predicted octanol–water partition coefficient (Wildman–Crippen LogP) is 5.94. The summed E-state index contributed by atoms with van der Waals surface area (Å²) < 4.78 is 83.4. The van der Waals surface area contributed by atoms with Crippen LogP contribution in [0.2, 0.25) is 0 Å². The molecule has 0 aromatic heterocycles. The molecule has 0 saturated carbocycles. The maximum absolute atomic E-state index is 13.0. The molecule has 2 aromatic carbocycles. The van der Waals surface area contributed by atoms with Crippen LogP contribution < -0.4 is 5.32 Å². The topological polar surface area (TPSA) is 21.3 Å². The minimum Gasteiger partial charge on any atom is -0.374 e. The highest BCUT2D eigenvalue weighted by molar-refractivity contribution is 5.85. The minimum absolute atomic E-state index is 0. The van der Waals surface area contributed by atoms with E-state index in [0.29, 0.717) is 12.1 Å². The van der Waals surface area contributed by atoms with E-state index in [2.05, 4.69) is 5.32 Å². The molecule has 0 radical (unpaired) electrons. The maximum Gasteiger partial charge on any atom is 0.416 e. The van der Waals surface area contributed by atoms with E-state index in [1.807, 2.05) is 30.3 Å². The van der Waals surface area contributed by atoms with Gasteiger partial charge in [0.05, 0.1) is 29.9 Å². The van der Waals surface area contributed by atoms with Crippen molar-refractivity contribution in [1.82, 2.24) is 5.32 Å². The molecule has 0 bridgehead atoms. The van der Waals surface area contributed by atoms with Gasteiger partial charge in [-0.25, -0.2) is 0 Å². The van der Waals surface area contributed by atoms with Gasteiger partial charge in [-0.05, 0) is 48.7 Å². The Balaban J connectivity index is 0.00000300. The van der Waals surface area contributed by atoms with Crippen LogP contribution in [0.4, 0.5) is 26.3 Å². The predicted molar refractivity (Wildman–Crippen MR) is 98.7 cm³/mol. The number of hydrogen-bond acceptors (Lipinski definition) is 2. The lowest BCUT2D eigenvalue weighted by molar-refractivity contribution is -0.143. The summed E-state index contributed by atoms with van der Waals surface area (Å²) in [5, 5.41) is 3.36. The smallest absolute Gasteiger partial charge is 0.374 e. The van der Waals surface area contributed by atoms with Crippen LogP contribution in [0.3, 0.4) is 0 Å². The Kier molecular flexibility index (Phi) is 7.24. The summed E-state index contributed by atoms with van der Waals surface area (Å²) in [5.41, 5.74) is -2.35. The highest BCUT2D eigenvalue weighted by Crippen LogP contribution is 2.37. The zero-order valence-electron chi connectivity index (χ0n) is 15.2. The fourth-order valence-corrected chi connectivity index (χ4v) is 3.46. The van der Waals surface area contributed by atoms with E-state index in [-0.39, 0.29) is 37.3 Å². The van der Waals surface area contributed by atoms with Crippen molar-refractivity contribution in [2.24, 2.45) is 0 Å². The molecule has 0 spiro atoms. The first-order valence-corrected chi connectivity index (χ1v) is 8.77. The van der Waals surface area contributed by atoms with E-state index in [0.717, 1.165) is 24.9 Å². The van der Waals surface area contributed by atoms with Crippen LogP contribution in [0, 0.1) is 0 Å². The molecule has 29 heavy (non-hydrogen) atoms. The van der Waals surface area contributed by atoms with E-state index < -0.39 is 29.0 Å². The third-order valence-electron chi connectivity index (χ3n) is 4.83. The number of nitrogens with one attached hydrogen (secondary N) is 1. The Bertz CT molecular complexity index is 769. The molecule has 0 aliphatic carbocycles. The Hall–Kier alpha value is -1.77. The lowest BCUT2D eigenvalue weighted by Gasteiger charge is -2.30. The summed E-state index contributed by atoms with van der Waals surface area (Å²) in [6, 6.07) is 11.0. The molecule has 1 heterocycles. The number of benzene rings is 2. The summed E-state index contributed by atoms with van der Waals surface area (Å²) in [4.78, 5) is 0. The van der Waals surface area contributed by atoms with Gasteiger partial charge in [0.25, 0.3) is 0 Å².